The SMILES string of the molecule is CCc1ccc(C(C)S(=O)(=O)c2ccccc2)c(C(=O)O)c1OC. The summed E-state index contributed by atoms with van der Waals surface area (Å²) in [7, 11) is -2.32. The summed E-state index contributed by atoms with van der Waals surface area (Å²) < 4.78 is 30.9. The van der Waals surface area contributed by atoms with Gasteiger partial charge >= 0.3 is 5.97 Å². The van der Waals surface area contributed by atoms with Gasteiger partial charge in [-0.15, -0.1) is 0 Å². The summed E-state index contributed by atoms with van der Waals surface area (Å²) in [4.78, 5) is 11.9. The lowest BCUT2D eigenvalue weighted by atomic mass is 9.98. The first-order valence-electron chi connectivity index (χ1n) is 7.56. The molecule has 0 saturated carbocycles. The number of hydrogen-bond acceptors (Lipinski definition) is 4. The summed E-state index contributed by atoms with van der Waals surface area (Å²) in [6.07, 6.45) is 0.587. The quantitative estimate of drug-likeness (QED) is 0.864. The smallest absolute Gasteiger partial charge is 0.339 e. The van der Waals surface area contributed by atoms with E-state index in [-0.39, 0.29) is 21.8 Å². The van der Waals surface area contributed by atoms with Crippen molar-refractivity contribution in [1.29, 1.82) is 0 Å². The predicted octanol–water partition coefficient (Wildman–Crippen LogP) is 3.49. The van der Waals surface area contributed by atoms with E-state index in [0.717, 1.165) is 5.56 Å². The largest absolute Gasteiger partial charge is 0.496 e. The number of aromatic carboxylic acids is 1. The second-order valence-corrected chi connectivity index (χ2v) is 7.65. The molecule has 0 amide bonds. The molecule has 0 saturated heterocycles. The molecule has 0 aromatic heterocycles. The Morgan fingerprint density at radius 1 is 1.17 bits per heavy atom. The van der Waals surface area contributed by atoms with Crippen molar-refractivity contribution in [2.75, 3.05) is 7.11 Å². The third kappa shape index (κ3) is 3.14. The molecule has 0 heterocycles. The number of carboxylic acids is 1. The van der Waals surface area contributed by atoms with Crippen molar-refractivity contribution in [1.82, 2.24) is 0 Å². The maximum absolute atomic E-state index is 12.8. The fourth-order valence-corrected chi connectivity index (χ4v) is 4.17. The molecule has 1 N–H and O–H groups in total. The van der Waals surface area contributed by atoms with Gasteiger partial charge in [-0.2, -0.15) is 0 Å². The fourth-order valence-electron chi connectivity index (χ4n) is 2.69. The molecule has 6 heteroatoms. The van der Waals surface area contributed by atoms with E-state index in [2.05, 4.69) is 0 Å². The van der Waals surface area contributed by atoms with E-state index in [4.69, 9.17) is 4.74 Å². The van der Waals surface area contributed by atoms with Crippen molar-refractivity contribution in [3.8, 4) is 5.75 Å². The van der Waals surface area contributed by atoms with Crippen molar-refractivity contribution in [3.05, 3.63) is 59.2 Å². The molecule has 2 rings (SSSR count). The van der Waals surface area contributed by atoms with E-state index in [1.165, 1.54) is 26.2 Å². The molecule has 0 aliphatic carbocycles. The Balaban J connectivity index is 2.66. The minimum absolute atomic E-state index is 0.0937. The van der Waals surface area contributed by atoms with E-state index in [0.29, 0.717) is 6.42 Å². The molecule has 0 spiro atoms. The number of hydrogen-bond donors (Lipinski definition) is 1. The van der Waals surface area contributed by atoms with Gasteiger partial charge in [0.1, 0.15) is 11.3 Å². The number of rotatable bonds is 6. The van der Waals surface area contributed by atoms with E-state index in [1.54, 1.807) is 30.3 Å². The van der Waals surface area contributed by atoms with E-state index >= 15 is 0 Å². The van der Waals surface area contributed by atoms with Crippen LogP contribution in [-0.4, -0.2) is 26.6 Å². The van der Waals surface area contributed by atoms with Crippen LogP contribution in [0.3, 0.4) is 0 Å². The number of ether oxygens (including phenoxy) is 1. The summed E-state index contributed by atoms with van der Waals surface area (Å²) in [6.45, 7) is 3.38. The van der Waals surface area contributed by atoms with E-state index in [9.17, 15) is 18.3 Å². The molecule has 1 atom stereocenters. The monoisotopic (exact) mass is 348 g/mol. The molecule has 0 fully saturated rings. The Kier molecular flexibility index (Phi) is 5.29. The Hall–Kier alpha value is -2.34. The van der Waals surface area contributed by atoms with Crippen molar-refractivity contribution in [3.63, 3.8) is 0 Å². The Bertz CT molecular complexity index is 841. The second-order valence-electron chi connectivity index (χ2n) is 5.38. The Morgan fingerprint density at radius 3 is 2.29 bits per heavy atom. The lowest BCUT2D eigenvalue weighted by molar-refractivity contribution is 0.0692. The van der Waals surface area contributed by atoms with Crippen molar-refractivity contribution < 1.29 is 23.1 Å². The van der Waals surface area contributed by atoms with Crippen LogP contribution in [0.25, 0.3) is 0 Å². The van der Waals surface area contributed by atoms with Crippen LogP contribution in [-0.2, 0) is 16.3 Å². The van der Waals surface area contributed by atoms with Gasteiger partial charge in [0.2, 0.25) is 0 Å². The summed E-state index contributed by atoms with van der Waals surface area (Å²) in [6, 6.07) is 11.3. The van der Waals surface area contributed by atoms with Gasteiger partial charge in [0.25, 0.3) is 0 Å². The number of carboxylic acid groups (broad SMARTS) is 1. The van der Waals surface area contributed by atoms with Gasteiger partial charge in [-0.3, -0.25) is 0 Å². The highest BCUT2D eigenvalue weighted by molar-refractivity contribution is 7.91. The summed E-state index contributed by atoms with van der Waals surface area (Å²) in [5.74, 6) is -0.982. The number of carbonyl (C=O) groups is 1. The molecular formula is C18H20O5S. The third-order valence-electron chi connectivity index (χ3n) is 4.05. The summed E-state index contributed by atoms with van der Waals surface area (Å²) >= 11 is 0. The number of aryl methyl sites for hydroxylation is 1. The second kappa shape index (κ2) is 7.05. The van der Waals surface area contributed by atoms with Crippen molar-refractivity contribution in [2.24, 2.45) is 0 Å². The fraction of sp³-hybridized carbons (Fsp3) is 0.278. The molecule has 0 aliphatic rings. The third-order valence-corrected chi connectivity index (χ3v) is 6.16. The highest BCUT2D eigenvalue weighted by Gasteiger charge is 2.31. The van der Waals surface area contributed by atoms with Crippen LogP contribution in [0.5, 0.6) is 5.75 Å². The molecule has 2 aromatic rings. The number of benzene rings is 2. The molecule has 0 radical (unpaired) electrons. The molecule has 0 aliphatic heterocycles. The standard InChI is InChI=1S/C18H20O5S/c1-4-13-10-11-15(16(18(19)20)17(13)23-3)12(2)24(21,22)14-8-6-5-7-9-14/h5-12H,4H2,1-3H3,(H,19,20). The van der Waals surface area contributed by atoms with Gasteiger partial charge in [0.05, 0.1) is 17.3 Å². The van der Waals surface area contributed by atoms with Crippen LogP contribution in [0.2, 0.25) is 0 Å². The normalized spacial score (nSPS) is 12.6. The van der Waals surface area contributed by atoms with Crippen LogP contribution < -0.4 is 4.74 Å². The molecule has 0 bridgehead atoms. The highest BCUT2D eigenvalue weighted by atomic mass is 32.2. The zero-order chi connectivity index (χ0) is 17.9. The van der Waals surface area contributed by atoms with Crippen LogP contribution in [0.1, 0.15) is 40.6 Å². The van der Waals surface area contributed by atoms with Crippen molar-refractivity contribution in [2.45, 2.75) is 30.4 Å². The minimum Gasteiger partial charge on any atom is -0.496 e. The first-order chi connectivity index (χ1) is 11.3. The molecule has 128 valence electrons. The van der Waals surface area contributed by atoms with Crippen molar-refractivity contribution >= 4 is 15.8 Å². The van der Waals surface area contributed by atoms with E-state index in [1.807, 2.05) is 6.92 Å². The molecular weight excluding hydrogens is 328 g/mol. The molecule has 5 nitrogen and oxygen atoms in total. The first kappa shape index (κ1) is 18.0. The molecule has 2 aromatic carbocycles. The van der Waals surface area contributed by atoms with Gasteiger partial charge in [-0.05, 0) is 36.6 Å². The predicted molar refractivity (Wildman–Crippen MR) is 91.4 cm³/mol. The van der Waals surface area contributed by atoms with Crippen LogP contribution >= 0.6 is 0 Å². The first-order valence-corrected chi connectivity index (χ1v) is 9.11. The van der Waals surface area contributed by atoms with Gasteiger partial charge in [0.15, 0.2) is 9.84 Å². The van der Waals surface area contributed by atoms with Gasteiger partial charge < -0.3 is 9.84 Å². The molecule has 24 heavy (non-hydrogen) atoms. The van der Waals surface area contributed by atoms with Gasteiger partial charge in [-0.25, -0.2) is 13.2 Å². The zero-order valence-corrected chi connectivity index (χ0v) is 14.6. The lowest BCUT2D eigenvalue weighted by Gasteiger charge is -2.19. The average molecular weight is 348 g/mol. The number of sulfone groups is 1. The lowest BCUT2D eigenvalue weighted by Crippen LogP contribution is -2.16. The van der Waals surface area contributed by atoms with Gasteiger partial charge in [-0.1, -0.05) is 37.3 Å². The minimum atomic E-state index is -3.71. The topological polar surface area (TPSA) is 80.7 Å². The Labute approximate surface area is 141 Å². The highest BCUT2D eigenvalue weighted by Crippen LogP contribution is 2.36. The Morgan fingerprint density at radius 2 is 1.79 bits per heavy atom. The maximum atomic E-state index is 12.8. The maximum Gasteiger partial charge on any atom is 0.339 e. The van der Waals surface area contributed by atoms with Crippen LogP contribution in [0, 0.1) is 0 Å². The number of methoxy groups -OCH3 is 1. The van der Waals surface area contributed by atoms with Crippen LogP contribution in [0.4, 0.5) is 0 Å². The summed E-state index contributed by atoms with van der Waals surface area (Å²) in [5, 5.41) is 8.60. The molecule has 1 unspecified atom stereocenters. The zero-order valence-electron chi connectivity index (χ0n) is 13.8. The van der Waals surface area contributed by atoms with E-state index < -0.39 is 21.1 Å². The average Bonchev–Trinajstić information content (AvgIpc) is 2.60. The van der Waals surface area contributed by atoms with Gasteiger partial charge in [0, 0.05) is 0 Å². The van der Waals surface area contributed by atoms with Crippen LogP contribution in [0.15, 0.2) is 47.4 Å². The summed E-state index contributed by atoms with van der Waals surface area (Å²) in [5.41, 5.74) is 0.854.